The van der Waals surface area contributed by atoms with Crippen LogP contribution in [-0.2, 0) is 17.8 Å². The zero-order valence-corrected chi connectivity index (χ0v) is 14.4. The van der Waals surface area contributed by atoms with Crippen molar-refractivity contribution in [3.05, 3.63) is 52.0 Å². The van der Waals surface area contributed by atoms with Crippen LogP contribution in [0.3, 0.4) is 0 Å². The summed E-state index contributed by atoms with van der Waals surface area (Å²) in [4.78, 5) is 28.3. The van der Waals surface area contributed by atoms with E-state index in [1.54, 1.807) is 29.6 Å². The molecule has 3 N–H and O–H groups in total. The lowest BCUT2D eigenvalue weighted by Gasteiger charge is -2.01. The molecule has 0 aliphatic rings. The third kappa shape index (κ3) is 4.66. The number of nitrogens with one attached hydrogen (secondary N) is 2. The van der Waals surface area contributed by atoms with Gasteiger partial charge < -0.3 is 10.4 Å². The highest BCUT2D eigenvalue weighted by Crippen LogP contribution is 2.18. The van der Waals surface area contributed by atoms with Crippen LogP contribution in [0.4, 0.5) is 10.3 Å². The number of hydrogen-bond acceptors (Lipinski definition) is 8. The van der Waals surface area contributed by atoms with Gasteiger partial charge in [-0.25, -0.2) is 4.98 Å². The standard InChI is InChI=1S/C15H13N5O3S2/c21-7-12-19-20-15(25-12)17-11(22)6-10-8-24-14(16-10)18-13(23)9-4-2-1-3-5-9/h1-5,8,21H,6-7H2,(H,16,18,23)(H,17,20,22). The van der Waals surface area contributed by atoms with Crippen LogP contribution in [0, 0.1) is 0 Å². The molecule has 0 spiro atoms. The molecule has 0 radical (unpaired) electrons. The molecular weight excluding hydrogens is 362 g/mol. The van der Waals surface area contributed by atoms with Crippen molar-refractivity contribution >= 4 is 44.8 Å². The van der Waals surface area contributed by atoms with E-state index >= 15 is 0 Å². The van der Waals surface area contributed by atoms with Gasteiger partial charge in [0.15, 0.2) is 5.13 Å². The molecule has 2 heterocycles. The lowest BCUT2D eigenvalue weighted by Crippen LogP contribution is -2.15. The van der Waals surface area contributed by atoms with Crippen LogP contribution in [0.25, 0.3) is 0 Å². The zero-order valence-electron chi connectivity index (χ0n) is 12.8. The van der Waals surface area contributed by atoms with E-state index < -0.39 is 0 Å². The molecule has 25 heavy (non-hydrogen) atoms. The second kappa shape index (κ2) is 7.92. The van der Waals surface area contributed by atoms with E-state index in [4.69, 9.17) is 5.11 Å². The first-order valence-corrected chi connectivity index (χ1v) is 8.87. The zero-order chi connectivity index (χ0) is 17.6. The Labute approximate surface area is 150 Å². The predicted molar refractivity (Wildman–Crippen MR) is 94.7 cm³/mol. The Bertz CT molecular complexity index is 878. The number of nitrogens with zero attached hydrogens (tertiary/aromatic N) is 3. The predicted octanol–water partition coefficient (Wildman–Crippen LogP) is 1.92. The summed E-state index contributed by atoms with van der Waals surface area (Å²) in [6.07, 6.45) is 0.0474. The Morgan fingerprint density at radius 3 is 2.60 bits per heavy atom. The largest absolute Gasteiger partial charge is 0.389 e. The number of rotatable bonds is 6. The molecule has 0 saturated carbocycles. The summed E-state index contributed by atoms with van der Waals surface area (Å²) < 4.78 is 0. The van der Waals surface area contributed by atoms with Crippen LogP contribution < -0.4 is 10.6 Å². The first kappa shape index (κ1) is 17.1. The molecular formula is C15H13N5O3S2. The SMILES string of the molecule is O=C(Cc1csc(NC(=O)c2ccccc2)n1)Nc1nnc(CO)s1. The van der Waals surface area contributed by atoms with Crippen LogP contribution in [0.5, 0.6) is 0 Å². The number of hydrogen-bond donors (Lipinski definition) is 3. The molecule has 0 aliphatic carbocycles. The summed E-state index contributed by atoms with van der Waals surface area (Å²) in [5, 5.41) is 24.6. The molecule has 0 unspecified atom stereocenters. The van der Waals surface area contributed by atoms with Gasteiger partial charge in [-0.15, -0.1) is 21.5 Å². The quantitative estimate of drug-likeness (QED) is 0.606. The third-order valence-corrected chi connectivity index (χ3v) is 4.63. The van der Waals surface area contributed by atoms with Gasteiger partial charge in [-0.1, -0.05) is 29.5 Å². The maximum Gasteiger partial charge on any atom is 0.257 e. The van der Waals surface area contributed by atoms with E-state index in [9.17, 15) is 9.59 Å². The number of anilines is 2. The highest BCUT2D eigenvalue weighted by molar-refractivity contribution is 7.15. The number of amides is 2. The summed E-state index contributed by atoms with van der Waals surface area (Å²) in [7, 11) is 0. The Hall–Kier alpha value is -2.69. The molecule has 2 amide bonds. The maximum atomic E-state index is 12.1. The Morgan fingerprint density at radius 2 is 1.88 bits per heavy atom. The number of aliphatic hydroxyl groups is 1. The fourth-order valence-electron chi connectivity index (χ4n) is 1.90. The van der Waals surface area contributed by atoms with Crippen LogP contribution in [-0.4, -0.2) is 32.1 Å². The lowest BCUT2D eigenvalue weighted by molar-refractivity contribution is -0.115. The van der Waals surface area contributed by atoms with Crippen LogP contribution in [0.15, 0.2) is 35.7 Å². The minimum atomic E-state index is -0.299. The van der Waals surface area contributed by atoms with Gasteiger partial charge in [0, 0.05) is 10.9 Å². The third-order valence-electron chi connectivity index (χ3n) is 3.00. The Kier molecular flexibility index (Phi) is 5.43. The average molecular weight is 375 g/mol. The second-order valence-corrected chi connectivity index (χ2v) is 6.77. The molecule has 3 aromatic rings. The summed E-state index contributed by atoms with van der Waals surface area (Å²) >= 11 is 2.35. The Balaban J connectivity index is 1.56. The van der Waals surface area contributed by atoms with Gasteiger partial charge in [-0.2, -0.15) is 0 Å². The number of thiazole rings is 1. The molecule has 0 fully saturated rings. The highest BCUT2D eigenvalue weighted by atomic mass is 32.1. The Morgan fingerprint density at radius 1 is 1.08 bits per heavy atom. The lowest BCUT2D eigenvalue weighted by atomic mass is 10.2. The maximum absolute atomic E-state index is 12.1. The van der Waals surface area contributed by atoms with Crippen molar-refractivity contribution in [2.45, 2.75) is 13.0 Å². The molecule has 2 aromatic heterocycles. The number of aliphatic hydroxyl groups excluding tert-OH is 1. The van der Waals surface area contributed by atoms with E-state index in [2.05, 4.69) is 25.8 Å². The number of benzene rings is 1. The van der Waals surface area contributed by atoms with Crippen molar-refractivity contribution in [3.63, 3.8) is 0 Å². The summed E-state index contributed by atoms with van der Waals surface area (Å²) in [5.41, 5.74) is 1.07. The summed E-state index contributed by atoms with van der Waals surface area (Å²) in [6.45, 7) is -0.218. The molecule has 1 aromatic carbocycles. The van der Waals surface area contributed by atoms with Crippen molar-refractivity contribution in [1.29, 1.82) is 0 Å². The van der Waals surface area contributed by atoms with Gasteiger partial charge in [0.1, 0.15) is 5.01 Å². The fraction of sp³-hybridized carbons (Fsp3) is 0.133. The van der Waals surface area contributed by atoms with Crippen molar-refractivity contribution < 1.29 is 14.7 Å². The molecule has 0 atom stereocenters. The van der Waals surface area contributed by atoms with Crippen molar-refractivity contribution in [2.24, 2.45) is 0 Å². The minimum absolute atomic E-state index is 0.0474. The van der Waals surface area contributed by atoms with Crippen molar-refractivity contribution in [3.8, 4) is 0 Å². The minimum Gasteiger partial charge on any atom is -0.389 e. The van der Waals surface area contributed by atoms with Crippen molar-refractivity contribution in [1.82, 2.24) is 15.2 Å². The monoisotopic (exact) mass is 375 g/mol. The van der Waals surface area contributed by atoms with Gasteiger partial charge in [0.05, 0.1) is 18.7 Å². The van der Waals surface area contributed by atoms with E-state index in [1.807, 2.05) is 6.07 Å². The van der Waals surface area contributed by atoms with Gasteiger partial charge in [-0.3, -0.25) is 14.9 Å². The van der Waals surface area contributed by atoms with E-state index in [-0.39, 0.29) is 24.8 Å². The van der Waals surface area contributed by atoms with Gasteiger partial charge in [0.25, 0.3) is 5.91 Å². The molecule has 0 aliphatic heterocycles. The number of carbonyl (C=O) groups excluding carboxylic acids is 2. The topological polar surface area (TPSA) is 117 Å². The first-order valence-electron chi connectivity index (χ1n) is 7.18. The van der Waals surface area contributed by atoms with Gasteiger partial charge in [0.2, 0.25) is 11.0 Å². The van der Waals surface area contributed by atoms with Crippen LogP contribution >= 0.6 is 22.7 Å². The van der Waals surface area contributed by atoms with Gasteiger partial charge in [-0.05, 0) is 12.1 Å². The van der Waals surface area contributed by atoms with E-state index in [0.717, 1.165) is 11.3 Å². The molecule has 8 nitrogen and oxygen atoms in total. The number of carbonyl (C=O) groups is 2. The van der Waals surface area contributed by atoms with Crippen molar-refractivity contribution in [2.75, 3.05) is 10.6 Å². The van der Waals surface area contributed by atoms with Gasteiger partial charge >= 0.3 is 0 Å². The molecule has 128 valence electrons. The second-order valence-electron chi connectivity index (χ2n) is 4.85. The smallest absolute Gasteiger partial charge is 0.257 e. The van der Waals surface area contributed by atoms with E-state index in [1.165, 1.54) is 11.3 Å². The normalized spacial score (nSPS) is 10.4. The molecule has 10 heteroatoms. The fourth-order valence-corrected chi connectivity index (χ4v) is 3.22. The van der Waals surface area contributed by atoms with E-state index in [0.29, 0.717) is 26.5 Å². The summed E-state index contributed by atoms with van der Waals surface area (Å²) in [6, 6.07) is 8.81. The molecule has 3 rings (SSSR count). The van der Waals surface area contributed by atoms with Crippen LogP contribution in [0.1, 0.15) is 21.1 Å². The number of aromatic nitrogens is 3. The van der Waals surface area contributed by atoms with Crippen LogP contribution in [0.2, 0.25) is 0 Å². The summed E-state index contributed by atoms with van der Waals surface area (Å²) in [5.74, 6) is -0.553. The first-order chi connectivity index (χ1) is 12.1. The highest BCUT2D eigenvalue weighted by Gasteiger charge is 2.12. The molecule has 0 bridgehead atoms. The average Bonchev–Trinajstić information content (AvgIpc) is 3.25. The molecule has 0 saturated heterocycles.